The summed E-state index contributed by atoms with van der Waals surface area (Å²) in [7, 11) is 0. The fraction of sp³-hybridized carbons (Fsp3) is 0.333. The van der Waals surface area contributed by atoms with Gasteiger partial charge in [0.2, 0.25) is 0 Å². The van der Waals surface area contributed by atoms with Crippen molar-refractivity contribution in [3.05, 3.63) is 70.8 Å². The molecule has 0 bridgehead atoms. The summed E-state index contributed by atoms with van der Waals surface area (Å²) in [5.74, 6) is 0. The van der Waals surface area contributed by atoms with E-state index >= 15 is 0 Å². The van der Waals surface area contributed by atoms with E-state index in [9.17, 15) is 18.3 Å². The zero-order chi connectivity index (χ0) is 16.2. The molecule has 2 aromatic rings. The van der Waals surface area contributed by atoms with Gasteiger partial charge >= 0.3 is 6.18 Å². The molecule has 0 aliphatic carbocycles. The van der Waals surface area contributed by atoms with E-state index in [0.29, 0.717) is 12.0 Å². The average molecular weight is 308 g/mol. The summed E-state index contributed by atoms with van der Waals surface area (Å²) < 4.78 is 38.0. The summed E-state index contributed by atoms with van der Waals surface area (Å²) in [4.78, 5) is 0. The molecule has 0 aliphatic heterocycles. The predicted molar refractivity (Wildman–Crippen MR) is 80.5 cm³/mol. The van der Waals surface area contributed by atoms with Crippen LogP contribution in [-0.4, -0.2) is 5.11 Å². The molecule has 0 unspecified atom stereocenters. The van der Waals surface area contributed by atoms with Crippen molar-refractivity contribution < 1.29 is 18.3 Å². The highest BCUT2D eigenvalue weighted by Crippen LogP contribution is 2.31. The van der Waals surface area contributed by atoms with E-state index < -0.39 is 17.8 Å². The van der Waals surface area contributed by atoms with E-state index in [4.69, 9.17) is 0 Å². The third-order valence-corrected chi connectivity index (χ3v) is 3.78. The fourth-order valence-corrected chi connectivity index (χ4v) is 2.47. The van der Waals surface area contributed by atoms with Gasteiger partial charge in [-0.05, 0) is 55.0 Å². The van der Waals surface area contributed by atoms with Gasteiger partial charge in [0, 0.05) is 0 Å². The van der Waals surface area contributed by atoms with Crippen molar-refractivity contribution in [3.8, 4) is 0 Å². The minimum atomic E-state index is -4.38. The van der Waals surface area contributed by atoms with Gasteiger partial charge in [-0.15, -0.1) is 0 Å². The maximum atomic E-state index is 12.7. The first kappa shape index (κ1) is 16.6. The molecule has 0 radical (unpaired) electrons. The predicted octanol–water partition coefficient (Wildman–Crippen LogP) is 5.07. The van der Waals surface area contributed by atoms with Crippen LogP contribution in [0.15, 0.2) is 48.5 Å². The minimum absolute atomic E-state index is 0.319. The summed E-state index contributed by atoms with van der Waals surface area (Å²) in [6.07, 6.45) is -3.27. The molecule has 22 heavy (non-hydrogen) atoms. The summed E-state index contributed by atoms with van der Waals surface area (Å²) >= 11 is 0. The molecule has 0 saturated carbocycles. The Bertz CT molecular complexity index is 620. The zero-order valence-corrected chi connectivity index (χ0v) is 12.4. The molecule has 0 fully saturated rings. The van der Waals surface area contributed by atoms with Gasteiger partial charge in [-0.1, -0.05) is 36.4 Å². The van der Waals surface area contributed by atoms with Crippen LogP contribution in [0.3, 0.4) is 0 Å². The highest BCUT2D eigenvalue weighted by molar-refractivity contribution is 5.28. The molecule has 1 N–H and O–H groups in total. The lowest BCUT2D eigenvalue weighted by Crippen LogP contribution is -2.07. The molecule has 0 aromatic heterocycles. The minimum Gasteiger partial charge on any atom is -0.388 e. The van der Waals surface area contributed by atoms with E-state index in [1.54, 1.807) is 0 Å². The molecule has 1 atom stereocenters. The van der Waals surface area contributed by atoms with Crippen molar-refractivity contribution in [1.82, 2.24) is 0 Å². The Balaban J connectivity index is 1.95. The molecule has 118 valence electrons. The number of halogens is 3. The molecule has 0 heterocycles. The van der Waals surface area contributed by atoms with Crippen molar-refractivity contribution in [2.45, 2.75) is 38.5 Å². The lowest BCUT2D eigenvalue weighted by atomic mass is 9.98. The number of aliphatic hydroxyl groups is 1. The van der Waals surface area contributed by atoms with Gasteiger partial charge in [-0.25, -0.2) is 0 Å². The van der Waals surface area contributed by atoms with Gasteiger partial charge in [-0.3, -0.25) is 0 Å². The van der Waals surface area contributed by atoms with Crippen LogP contribution < -0.4 is 0 Å². The molecule has 2 rings (SSSR count). The summed E-state index contributed by atoms with van der Waals surface area (Å²) in [6.45, 7) is 2.03. The third-order valence-electron chi connectivity index (χ3n) is 3.78. The van der Waals surface area contributed by atoms with Crippen molar-refractivity contribution in [1.29, 1.82) is 0 Å². The van der Waals surface area contributed by atoms with E-state index in [-0.39, 0.29) is 0 Å². The maximum absolute atomic E-state index is 12.7. The molecule has 0 saturated heterocycles. The summed E-state index contributed by atoms with van der Waals surface area (Å²) in [5.41, 5.74) is 2.00. The molecule has 0 spiro atoms. The number of benzene rings is 2. The van der Waals surface area contributed by atoms with Crippen LogP contribution in [0.4, 0.5) is 13.2 Å². The number of rotatable bonds is 5. The Hall–Kier alpha value is -1.81. The van der Waals surface area contributed by atoms with Crippen LogP contribution in [0.1, 0.15) is 41.2 Å². The van der Waals surface area contributed by atoms with Gasteiger partial charge in [0.15, 0.2) is 0 Å². The Kier molecular flexibility index (Phi) is 5.24. The number of alkyl halides is 3. The molecule has 2 aromatic carbocycles. The molecule has 4 heteroatoms. The van der Waals surface area contributed by atoms with Gasteiger partial charge < -0.3 is 5.11 Å². The Morgan fingerprint density at radius 3 is 2.45 bits per heavy atom. The molecule has 1 nitrogen and oxygen atoms in total. The number of aliphatic hydroxyl groups excluding tert-OH is 1. The highest BCUT2D eigenvalue weighted by Gasteiger charge is 2.30. The number of hydrogen-bond donors (Lipinski definition) is 1. The molecular weight excluding hydrogens is 289 g/mol. The Morgan fingerprint density at radius 2 is 1.77 bits per heavy atom. The monoisotopic (exact) mass is 308 g/mol. The first-order valence-electron chi connectivity index (χ1n) is 7.27. The number of hydrogen-bond acceptors (Lipinski definition) is 1. The normalized spacial score (nSPS) is 13.1. The standard InChI is InChI=1S/C18H19F3O/c1-13-6-2-3-7-14(13)8-5-11-17(22)15-9-4-10-16(12-15)18(19,20)21/h2-4,6-7,9-10,12,17,22H,5,8,11H2,1H3/t17-/m0/s1. The van der Waals surface area contributed by atoms with Crippen molar-refractivity contribution in [3.63, 3.8) is 0 Å². The second-order valence-electron chi connectivity index (χ2n) is 5.46. The molecule has 0 aliphatic rings. The average Bonchev–Trinajstić information content (AvgIpc) is 2.48. The van der Waals surface area contributed by atoms with Crippen LogP contribution in [0, 0.1) is 6.92 Å². The van der Waals surface area contributed by atoms with Crippen molar-refractivity contribution in [2.75, 3.05) is 0 Å². The van der Waals surface area contributed by atoms with Crippen LogP contribution in [0.2, 0.25) is 0 Å². The van der Waals surface area contributed by atoms with Gasteiger partial charge in [0.25, 0.3) is 0 Å². The first-order chi connectivity index (χ1) is 10.4. The largest absolute Gasteiger partial charge is 0.416 e. The van der Waals surface area contributed by atoms with Crippen LogP contribution in [0.5, 0.6) is 0 Å². The smallest absolute Gasteiger partial charge is 0.388 e. The van der Waals surface area contributed by atoms with Gasteiger partial charge in [0.05, 0.1) is 11.7 Å². The van der Waals surface area contributed by atoms with E-state index in [2.05, 4.69) is 0 Å². The summed E-state index contributed by atoms with van der Waals surface area (Å²) in [5, 5.41) is 10.1. The number of aryl methyl sites for hydroxylation is 2. The quantitative estimate of drug-likeness (QED) is 0.817. The highest BCUT2D eigenvalue weighted by atomic mass is 19.4. The molecule has 0 amide bonds. The van der Waals surface area contributed by atoms with Crippen molar-refractivity contribution in [2.24, 2.45) is 0 Å². The van der Waals surface area contributed by atoms with E-state index in [1.807, 2.05) is 31.2 Å². The fourth-order valence-electron chi connectivity index (χ4n) is 2.47. The summed E-state index contributed by atoms with van der Waals surface area (Å²) in [6, 6.07) is 12.9. The molecular formula is C18H19F3O. The second-order valence-corrected chi connectivity index (χ2v) is 5.46. The van der Waals surface area contributed by atoms with Crippen LogP contribution in [0.25, 0.3) is 0 Å². The first-order valence-corrected chi connectivity index (χ1v) is 7.27. The maximum Gasteiger partial charge on any atom is 0.416 e. The van der Waals surface area contributed by atoms with Crippen molar-refractivity contribution >= 4 is 0 Å². The third kappa shape index (κ3) is 4.34. The lowest BCUT2D eigenvalue weighted by molar-refractivity contribution is -0.137. The van der Waals surface area contributed by atoms with Crippen LogP contribution >= 0.6 is 0 Å². The lowest BCUT2D eigenvalue weighted by Gasteiger charge is -2.14. The second kappa shape index (κ2) is 6.97. The van der Waals surface area contributed by atoms with E-state index in [1.165, 1.54) is 23.3 Å². The topological polar surface area (TPSA) is 20.2 Å². The van der Waals surface area contributed by atoms with Crippen LogP contribution in [-0.2, 0) is 12.6 Å². The SMILES string of the molecule is Cc1ccccc1CCC[C@H](O)c1cccc(C(F)(F)F)c1. The van der Waals surface area contributed by atoms with Gasteiger partial charge in [-0.2, -0.15) is 13.2 Å². The zero-order valence-electron chi connectivity index (χ0n) is 12.4. The van der Waals surface area contributed by atoms with Gasteiger partial charge in [0.1, 0.15) is 0 Å². The Labute approximate surface area is 128 Å². The van der Waals surface area contributed by atoms with E-state index in [0.717, 1.165) is 25.0 Å². The Morgan fingerprint density at radius 1 is 1.05 bits per heavy atom.